The summed E-state index contributed by atoms with van der Waals surface area (Å²) >= 11 is 6.27. The van der Waals surface area contributed by atoms with Crippen molar-refractivity contribution in [1.82, 2.24) is 9.97 Å². The molecule has 0 bridgehead atoms. The highest BCUT2D eigenvalue weighted by Gasteiger charge is 2.08. The number of rotatable bonds is 2. The molecule has 1 aromatic heterocycles. The number of hydrogen-bond acceptors (Lipinski definition) is 3. The van der Waals surface area contributed by atoms with Crippen molar-refractivity contribution < 1.29 is 0 Å². The van der Waals surface area contributed by atoms with Gasteiger partial charge in [-0.15, -0.1) is 0 Å². The van der Waals surface area contributed by atoms with Crippen LogP contribution in [0.25, 0.3) is 21.8 Å². The third kappa shape index (κ3) is 2.26. The van der Waals surface area contributed by atoms with Gasteiger partial charge < -0.3 is 5.32 Å². The molecule has 0 spiro atoms. The van der Waals surface area contributed by atoms with Crippen LogP contribution in [0.1, 0.15) is 0 Å². The van der Waals surface area contributed by atoms with Crippen LogP contribution in [0, 0.1) is 0 Å². The summed E-state index contributed by atoms with van der Waals surface area (Å²) in [4.78, 5) is 8.96. The number of hydrogen-bond donors (Lipinski definition) is 1. The van der Waals surface area contributed by atoms with Gasteiger partial charge in [0.05, 0.1) is 11.0 Å². The Bertz CT molecular complexity index is 977. The lowest BCUT2D eigenvalue weighted by Crippen LogP contribution is -1.98. The Kier molecular flexibility index (Phi) is 3.13. The van der Waals surface area contributed by atoms with E-state index in [1.165, 1.54) is 0 Å². The van der Waals surface area contributed by atoms with Gasteiger partial charge in [-0.2, -0.15) is 0 Å². The van der Waals surface area contributed by atoms with E-state index >= 15 is 0 Å². The molecule has 0 atom stereocenters. The summed E-state index contributed by atoms with van der Waals surface area (Å²) in [7, 11) is 0. The average Bonchev–Trinajstić information content (AvgIpc) is 2.56. The standard InChI is InChI=1S/C18H12ClN3/c19-17-18(22-16-10-4-3-9-15(16)20-17)21-14-11-5-7-12-6-1-2-8-13(12)14/h1-11H,(H,21,22). The molecule has 4 aromatic rings. The van der Waals surface area contributed by atoms with Crippen LogP contribution in [-0.2, 0) is 0 Å². The molecule has 0 unspecified atom stereocenters. The van der Waals surface area contributed by atoms with E-state index in [0.717, 1.165) is 27.5 Å². The fourth-order valence-electron chi connectivity index (χ4n) is 2.52. The van der Waals surface area contributed by atoms with Gasteiger partial charge in [0.2, 0.25) is 0 Å². The molecular weight excluding hydrogens is 294 g/mol. The van der Waals surface area contributed by atoms with Gasteiger partial charge in [-0.25, -0.2) is 9.97 Å². The van der Waals surface area contributed by atoms with E-state index in [9.17, 15) is 0 Å². The molecule has 0 saturated carbocycles. The lowest BCUT2D eigenvalue weighted by Gasteiger charge is -2.10. The zero-order valence-corrected chi connectivity index (χ0v) is 12.4. The first-order valence-electron chi connectivity index (χ1n) is 6.98. The van der Waals surface area contributed by atoms with E-state index in [4.69, 9.17) is 11.6 Å². The first-order valence-corrected chi connectivity index (χ1v) is 7.36. The molecule has 4 heteroatoms. The number of benzene rings is 3. The molecule has 0 amide bonds. The topological polar surface area (TPSA) is 37.8 Å². The first kappa shape index (κ1) is 13.0. The molecule has 0 aliphatic rings. The number of nitrogens with zero attached hydrogens (tertiary/aromatic N) is 2. The average molecular weight is 306 g/mol. The molecule has 3 aromatic carbocycles. The molecule has 0 radical (unpaired) electrons. The monoisotopic (exact) mass is 305 g/mol. The molecule has 3 nitrogen and oxygen atoms in total. The van der Waals surface area contributed by atoms with Crippen LogP contribution in [0.3, 0.4) is 0 Å². The highest BCUT2D eigenvalue weighted by molar-refractivity contribution is 6.32. The predicted molar refractivity (Wildman–Crippen MR) is 91.8 cm³/mol. The molecule has 22 heavy (non-hydrogen) atoms. The molecule has 1 N–H and O–H groups in total. The quantitative estimate of drug-likeness (QED) is 0.554. The van der Waals surface area contributed by atoms with E-state index in [1.807, 2.05) is 48.5 Å². The van der Waals surface area contributed by atoms with Gasteiger partial charge in [-0.05, 0) is 23.6 Å². The normalized spacial score (nSPS) is 11.0. The number of aromatic nitrogens is 2. The van der Waals surface area contributed by atoms with Gasteiger partial charge in [0.25, 0.3) is 0 Å². The van der Waals surface area contributed by atoms with Gasteiger partial charge in [-0.1, -0.05) is 60.1 Å². The summed E-state index contributed by atoms with van der Waals surface area (Å²) in [6.45, 7) is 0. The summed E-state index contributed by atoms with van der Waals surface area (Å²) in [6.07, 6.45) is 0. The highest BCUT2D eigenvalue weighted by atomic mass is 35.5. The second-order valence-corrected chi connectivity index (χ2v) is 5.36. The van der Waals surface area contributed by atoms with Crippen LogP contribution < -0.4 is 5.32 Å². The van der Waals surface area contributed by atoms with E-state index < -0.39 is 0 Å². The van der Waals surface area contributed by atoms with Crippen molar-refractivity contribution in [2.24, 2.45) is 0 Å². The van der Waals surface area contributed by atoms with Crippen molar-refractivity contribution in [2.75, 3.05) is 5.32 Å². The maximum absolute atomic E-state index is 6.27. The van der Waals surface area contributed by atoms with Crippen LogP contribution in [0.5, 0.6) is 0 Å². The van der Waals surface area contributed by atoms with Crippen LogP contribution in [-0.4, -0.2) is 9.97 Å². The smallest absolute Gasteiger partial charge is 0.172 e. The molecule has 0 aliphatic carbocycles. The zero-order chi connectivity index (χ0) is 14.9. The van der Waals surface area contributed by atoms with Crippen LogP contribution in [0.15, 0.2) is 66.7 Å². The molecular formula is C18H12ClN3. The fourth-order valence-corrected chi connectivity index (χ4v) is 2.70. The summed E-state index contributed by atoms with van der Waals surface area (Å²) in [6, 6.07) is 22.0. The summed E-state index contributed by atoms with van der Waals surface area (Å²) in [5.74, 6) is 0.566. The highest BCUT2D eigenvalue weighted by Crippen LogP contribution is 2.29. The Morgan fingerprint density at radius 3 is 2.27 bits per heavy atom. The lowest BCUT2D eigenvalue weighted by molar-refractivity contribution is 1.28. The first-order chi connectivity index (χ1) is 10.8. The van der Waals surface area contributed by atoms with Crippen molar-refractivity contribution in [3.63, 3.8) is 0 Å². The summed E-state index contributed by atoms with van der Waals surface area (Å²) in [5.41, 5.74) is 2.56. The minimum atomic E-state index is 0.367. The Labute approximate surface area is 132 Å². The van der Waals surface area contributed by atoms with Gasteiger partial charge in [0.15, 0.2) is 11.0 Å². The Morgan fingerprint density at radius 2 is 1.41 bits per heavy atom. The third-order valence-corrected chi connectivity index (χ3v) is 3.83. The van der Waals surface area contributed by atoms with E-state index in [1.54, 1.807) is 0 Å². The molecule has 106 valence electrons. The SMILES string of the molecule is Clc1nc2ccccc2nc1Nc1cccc2ccccc12. The van der Waals surface area contributed by atoms with E-state index in [0.29, 0.717) is 11.0 Å². The number of nitrogens with one attached hydrogen (secondary N) is 1. The second kappa shape index (κ2) is 5.28. The second-order valence-electron chi connectivity index (χ2n) is 5.00. The van der Waals surface area contributed by atoms with Crippen LogP contribution in [0.2, 0.25) is 5.15 Å². The van der Waals surface area contributed by atoms with Crippen molar-refractivity contribution in [1.29, 1.82) is 0 Å². The van der Waals surface area contributed by atoms with Crippen molar-refractivity contribution in [2.45, 2.75) is 0 Å². The van der Waals surface area contributed by atoms with Crippen LogP contribution >= 0.6 is 11.6 Å². The van der Waals surface area contributed by atoms with Gasteiger partial charge in [-0.3, -0.25) is 0 Å². The van der Waals surface area contributed by atoms with Gasteiger partial charge in [0, 0.05) is 11.1 Å². The Hall–Kier alpha value is -2.65. The molecule has 4 rings (SSSR count). The summed E-state index contributed by atoms with van der Waals surface area (Å²) in [5, 5.41) is 5.95. The molecule has 0 saturated heterocycles. The largest absolute Gasteiger partial charge is 0.337 e. The predicted octanol–water partition coefficient (Wildman–Crippen LogP) is 5.18. The van der Waals surface area contributed by atoms with Crippen molar-refractivity contribution in [3.05, 3.63) is 71.9 Å². The van der Waals surface area contributed by atoms with Crippen LogP contribution in [0.4, 0.5) is 11.5 Å². The van der Waals surface area contributed by atoms with Crippen molar-refractivity contribution in [3.8, 4) is 0 Å². The maximum atomic E-state index is 6.27. The zero-order valence-electron chi connectivity index (χ0n) is 11.6. The lowest BCUT2D eigenvalue weighted by atomic mass is 10.1. The number of fused-ring (bicyclic) bond motifs is 2. The van der Waals surface area contributed by atoms with E-state index in [2.05, 4.69) is 33.5 Å². The third-order valence-electron chi connectivity index (χ3n) is 3.57. The molecule has 0 aliphatic heterocycles. The Balaban J connectivity index is 1.84. The number of para-hydroxylation sites is 2. The van der Waals surface area contributed by atoms with Crippen molar-refractivity contribution >= 4 is 44.9 Å². The maximum Gasteiger partial charge on any atom is 0.172 e. The summed E-state index contributed by atoms with van der Waals surface area (Å²) < 4.78 is 0. The van der Waals surface area contributed by atoms with Gasteiger partial charge in [0.1, 0.15) is 0 Å². The molecule has 1 heterocycles. The molecule has 0 fully saturated rings. The minimum Gasteiger partial charge on any atom is -0.337 e. The number of halogens is 1. The van der Waals surface area contributed by atoms with Gasteiger partial charge >= 0.3 is 0 Å². The fraction of sp³-hybridized carbons (Fsp3) is 0. The Morgan fingerprint density at radius 1 is 0.727 bits per heavy atom. The van der Waals surface area contributed by atoms with E-state index in [-0.39, 0.29) is 0 Å². The number of anilines is 2. The minimum absolute atomic E-state index is 0.367.